The zero-order chi connectivity index (χ0) is 14.7. The molecule has 3 rings (SSSR count). The Hall–Kier alpha value is -2.00. The van der Waals surface area contributed by atoms with E-state index in [4.69, 9.17) is 5.73 Å². The predicted molar refractivity (Wildman–Crippen MR) is 89.5 cm³/mol. The van der Waals surface area contributed by atoms with Gasteiger partial charge in [0, 0.05) is 32.7 Å². The number of hydrogen-bond acceptors (Lipinski definition) is 3. The molecule has 0 saturated carbocycles. The molecule has 0 aliphatic carbocycles. The van der Waals surface area contributed by atoms with Crippen LogP contribution in [0.2, 0.25) is 0 Å². The average molecular weight is 281 g/mol. The first kappa shape index (κ1) is 14.0. The van der Waals surface area contributed by atoms with Crippen molar-refractivity contribution in [2.75, 3.05) is 36.8 Å². The molecule has 0 radical (unpaired) electrons. The first-order valence-electron chi connectivity index (χ1n) is 7.60. The van der Waals surface area contributed by atoms with Gasteiger partial charge in [-0.2, -0.15) is 0 Å². The maximum Gasteiger partial charge on any atom is 0.0601 e. The van der Waals surface area contributed by atoms with Crippen LogP contribution in [-0.4, -0.2) is 31.1 Å². The normalized spacial score (nSPS) is 16.1. The summed E-state index contributed by atoms with van der Waals surface area (Å²) in [5, 5.41) is 0. The van der Waals surface area contributed by atoms with Crippen molar-refractivity contribution in [1.29, 1.82) is 0 Å². The highest BCUT2D eigenvalue weighted by atomic mass is 15.3. The summed E-state index contributed by atoms with van der Waals surface area (Å²) in [7, 11) is 0. The molecule has 3 heteroatoms. The lowest BCUT2D eigenvalue weighted by Crippen LogP contribution is -2.46. The number of nitrogen functional groups attached to an aromatic ring is 1. The summed E-state index contributed by atoms with van der Waals surface area (Å²) < 4.78 is 0. The molecule has 0 bridgehead atoms. The highest BCUT2D eigenvalue weighted by molar-refractivity contribution is 5.68. The van der Waals surface area contributed by atoms with Gasteiger partial charge in [-0.25, -0.2) is 0 Å². The minimum atomic E-state index is 0.895. The Morgan fingerprint density at radius 3 is 2.33 bits per heavy atom. The van der Waals surface area contributed by atoms with Gasteiger partial charge in [0.05, 0.1) is 11.4 Å². The van der Waals surface area contributed by atoms with Crippen molar-refractivity contribution in [2.45, 2.75) is 13.5 Å². The van der Waals surface area contributed by atoms with E-state index >= 15 is 0 Å². The fourth-order valence-electron chi connectivity index (χ4n) is 2.95. The van der Waals surface area contributed by atoms with Gasteiger partial charge in [-0.1, -0.05) is 36.4 Å². The maximum absolute atomic E-state index is 6.16. The van der Waals surface area contributed by atoms with E-state index in [1.807, 2.05) is 0 Å². The first-order chi connectivity index (χ1) is 10.2. The second-order valence-electron chi connectivity index (χ2n) is 5.81. The van der Waals surface area contributed by atoms with Gasteiger partial charge >= 0.3 is 0 Å². The molecular weight excluding hydrogens is 258 g/mol. The molecule has 0 atom stereocenters. The lowest BCUT2D eigenvalue weighted by Gasteiger charge is -2.36. The topological polar surface area (TPSA) is 32.5 Å². The summed E-state index contributed by atoms with van der Waals surface area (Å²) >= 11 is 0. The fraction of sp³-hybridized carbons (Fsp3) is 0.333. The van der Waals surface area contributed by atoms with Crippen molar-refractivity contribution in [3.05, 3.63) is 59.7 Å². The molecule has 1 saturated heterocycles. The van der Waals surface area contributed by atoms with E-state index in [-0.39, 0.29) is 0 Å². The van der Waals surface area contributed by atoms with Crippen molar-refractivity contribution < 1.29 is 0 Å². The fourth-order valence-corrected chi connectivity index (χ4v) is 2.95. The number of hydrogen-bond donors (Lipinski definition) is 1. The summed E-state index contributed by atoms with van der Waals surface area (Å²) in [5.41, 5.74) is 10.8. The van der Waals surface area contributed by atoms with Gasteiger partial charge in [0.25, 0.3) is 0 Å². The third-order valence-electron chi connectivity index (χ3n) is 4.15. The molecular formula is C18H23N3. The molecule has 1 aliphatic heterocycles. The van der Waals surface area contributed by atoms with Gasteiger partial charge in [-0.05, 0) is 30.2 Å². The molecule has 21 heavy (non-hydrogen) atoms. The lowest BCUT2D eigenvalue weighted by molar-refractivity contribution is 0.250. The third kappa shape index (κ3) is 3.37. The van der Waals surface area contributed by atoms with E-state index in [0.717, 1.165) is 38.4 Å². The number of nitrogens with zero attached hydrogens (tertiary/aromatic N) is 2. The van der Waals surface area contributed by atoms with E-state index in [1.165, 1.54) is 16.8 Å². The van der Waals surface area contributed by atoms with Crippen LogP contribution in [0.5, 0.6) is 0 Å². The Bertz CT molecular complexity index is 587. The Kier molecular flexibility index (Phi) is 4.11. The maximum atomic E-state index is 6.16. The first-order valence-corrected chi connectivity index (χ1v) is 7.60. The van der Waals surface area contributed by atoms with Crippen LogP contribution in [0.15, 0.2) is 48.5 Å². The lowest BCUT2D eigenvalue weighted by atomic mass is 10.1. The summed E-state index contributed by atoms with van der Waals surface area (Å²) in [5.74, 6) is 0. The molecule has 0 amide bonds. The van der Waals surface area contributed by atoms with Gasteiger partial charge in [0.15, 0.2) is 0 Å². The zero-order valence-corrected chi connectivity index (χ0v) is 12.6. The number of nitrogens with two attached hydrogens (primary N) is 1. The molecule has 3 nitrogen and oxygen atoms in total. The van der Waals surface area contributed by atoms with Crippen molar-refractivity contribution in [1.82, 2.24) is 4.90 Å². The summed E-state index contributed by atoms with van der Waals surface area (Å²) in [4.78, 5) is 4.91. The van der Waals surface area contributed by atoms with Gasteiger partial charge in [-0.3, -0.25) is 4.90 Å². The summed E-state index contributed by atoms with van der Waals surface area (Å²) in [6.45, 7) is 7.38. The molecule has 2 aromatic rings. The van der Waals surface area contributed by atoms with E-state index in [0.29, 0.717) is 0 Å². The van der Waals surface area contributed by atoms with E-state index in [2.05, 4.69) is 65.3 Å². The van der Waals surface area contributed by atoms with Crippen molar-refractivity contribution in [3.63, 3.8) is 0 Å². The second kappa shape index (κ2) is 6.19. The van der Waals surface area contributed by atoms with Crippen molar-refractivity contribution >= 4 is 11.4 Å². The summed E-state index contributed by atoms with van der Waals surface area (Å²) in [6.07, 6.45) is 0. The number of piperazine rings is 1. The smallest absolute Gasteiger partial charge is 0.0601 e. The van der Waals surface area contributed by atoms with Gasteiger partial charge in [0.1, 0.15) is 0 Å². The Morgan fingerprint density at radius 1 is 0.952 bits per heavy atom. The molecule has 1 aliphatic rings. The van der Waals surface area contributed by atoms with Gasteiger partial charge in [-0.15, -0.1) is 0 Å². The Labute approximate surface area is 127 Å². The van der Waals surface area contributed by atoms with Crippen molar-refractivity contribution in [2.24, 2.45) is 0 Å². The Balaban J connectivity index is 1.60. The van der Waals surface area contributed by atoms with Crippen LogP contribution in [-0.2, 0) is 6.54 Å². The minimum absolute atomic E-state index is 0.895. The monoisotopic (exact) mass is 281 g/mol. The minimum Gasteiger partial charge on any atom is -0.397 e. The van der Waals surface area contributed by atoms with Crippen LogP contribution in [0, 0.1) is 6.92 Å². The molecule has 0 unspecified atom stereocenters. The Morgan fingerprint density at radius 2 is 1.67 bits per heavy atom. The van der Waals surface area contributed by atoms with Crippen LogP contribution in [0.3, 0.4) is 0 Å². The largest absolute Gasteiger partial charge is 0.397 e. The molecule has 2 N–H and O–H groups in total. The quantitative estimate of drug-likeness (QED) is 0.878. The van der Waals surface area contributed by atoms with E-state index in [9.17, 15) is 0 Å². The van der Waals surface area contributed by atoms with Crippen molar-refractivity contribution in [3.8, 4) is 0 Å². The van der Waals surface area contributed by atoms with E-state index in [1.54, 1.807) is 0 Å². The van der Waals surface area contributed by atoms with E-state index < -0.39 is 0 Å². The molecule has 1 fully saturated rings. The highest BCUT2D eigenvalue weighted by Gasteiger charge is 2.18. The zero-order valence-electron chi connectivity index (χ0n) is 12.6. The number of benzene rings is 2. The van der Waals surface area contributed by atoms with Crippen LogP contribution < -0.4 is 10.6 Å². The third-order valence-corrected chi connectivity index (χ3v) is 4.15. The van der Waals surface area contributed by atoms with Gasteiger partial charge in [0.2, 0.25) is 0 Å². The molecule has 1 heterocycles. The highest BCUT2D eigenvalue weighted by Crippen LogP contribution is 2.25. The van der Waals surface area contributed by atoms with Crippen LogP contribution >= 0.6 is 0 Å². The van der Waals surface area contributed by atoms with Gasteiger partial charge < -0.3 is 10.6 Å². The van der Waals surface area contributed by atoms with Crippen LogP contribution in [0.1, 0.15) is 11.1 Å². The summed E-state index contributed by atoms with van der Waals surface area (Å²) in [6, 6.07) is 17.0. The molecule has 2 aromatic carbocycles. The second-order valence-corrected chi connectivity index (χ2v) is 5.81. The predicted octanol–water partition coefficient (Wildman–Crippen LogP) is 2.90. The number of rotatable bonds is 3. The van der Waals surface area contributed by atoms with Crippen LogP contribution in [0.4, 0.5) is 11.4 Å². The molecule has 0 aromatic heterocycles. The molecule has 0 spiro atoms. The SMILES string of the molecule is Cc1ccc(N2CCN(Cc3ccccc3)CC2)c(N)c1. The standard InChI is InChI=1S/C18H23N3/c1-15-7-8-18(17(19)13-15)21-11-9-20(10-12-21)14-16-5-3-2-4-6-16/h2-8,13H,9-12,14,19H2,1H3. The number of aryl methyl sites for hydroxylation is 1. The van der Waals surface area contributed by atoms with Crippen LogP contribution in [0.25, 0.3) is 0 Å². The number of anilines is 2. The molecule has 110 valence electrons. The average Bonchev–Trinajstić information content (AvgIpc) is 2.49.